The molecular formula is C12H24N4S8Zr. The number of nitrogens with zero attached hydrogens (tertiary/aromatic N) is 4. The smallest absolute Gasteiger partial charge is 0.411 e. The Morgan fingerprint density at radius 1 is 0.440 bits per heavy atom. The maximum Gasteiger partial charge on any atom is 4.00 e. The average Bonchev–Trinajstić information content (AvgIpc) is 2.40. The molecule has 0 rings (SSSR count). The Hall–Kier alpha value is 1.32. The second kappa shape index (κ2) is 23.4. The number of thiocarbonyl (C=S) groups is 4. The Balaban J connectivity index is -0.0000000702. The zero-order valence-corrected chi connectivity index (χ0v) is 24.5. The maximum absolute atomic E-state index is 4.56. The van der Waals surface area contributed by atoms with Crippen molar-refractivity contribution in [1.29, 1.82) is 0 Å². The van der Waals surface area contributed by atoms with E-state index in [1.165, 1.54) is 0 Å². The summed E-state index contributed by atoms with van der Waals surface area (Å²) in [5.41, 5.74) is 0. The molecule has 0 fully saturated rings. The molecule has 0 aliphatic carbocycles. The first-order chi connectivity index (χ1) is 10.6. The normalized spacial score (nSPS) is 7.36. The molecule has 0 aliphatic heterocycles. The van der Waals surface area contributed by atoms with Crippen LogP contribution in [0, 0.1) is 0 Å². The molecule has 0 aliphatic rings. The molecule has 0 atom stereocenters. The third kappa shape index (κ3) is 45.9. The van der Waals surface area contributed by atoms with Gasteiger partial charge in [-0.1, -0.05) is 17.3 Å². The summed E-state index contributed by atoms with van der Waals surface area (Å²) in [5, 5.41) is 0. The summed E-state index contributed by atoms with van der Waals surface area (Å²) in [5.74, 6) is 0. The molecular weight excluding hydrogens is 548 g/mol. The Labute approximate surface area is 216 Å². The second-order valence-corrected chi connectivity index (χ2v) is 8.77. The molecule has 0 heterocycles. The molecule has 0 aromatic heterocycles. The first-order valence-electron chi connectivity index (χ1n) is 6.11. The first-order valence-corrected chi connectivity index (χ1v) is 9.37. The Kier molecular flexibility index (Phi) is 34.7. The van der Waals surface area contributed by atoms with E-state index in [0.29, 0.717) is 17.3 Å². The SMILES string of the molecule is CN(C)C(=S)[S-].CN(C)C(=S)[S-].CN(C)C(=S)[S-].CN(C)C(=S)[S-].[Zr+4]. The quantitative estimate of drug-likeness (QED) is 0.309. The fourth-order valence-corrected chi connectivity index (χ4v) is 0. The van der Waals surface area contributed by atoms with E-state index in [9.17, 15) is 0 Å². The molecule has 0 spiro atoms. The number of hydrogen-bond donors (Lipinski definition) is 0. The van der Waals surface area contributed by atoms with Gasteiger partial charge in [-0.05, 0) is 0 Å². The maximum atomic E-state index is 4.56. The summed E-state index contributed by atoms with van der Waals surface area (Å²) in [7, 11) is 14.6. The average molecular weight is 572 g/mol. The van der Waals surface area contributed by atoms with E-state index in [1.807, 2.05) is 56.4 Å². The van der Waals surface area contributed by atoms with Crippen molar-refractivity contribution in [3.05, 3.63) is 0 Å². The topological polar surface area (TPSA) is 13.0 Å². The summed E-state index contributed by atoms with van der Waals surface area (Å²) in [4.78, 5) is 6.85. The number of hydrogen-bond acceptors (Lipinski definition) is 8. The summed E-state index contributed by atoms with van der Waals surface area (Å²) in [6.45, 7) is 0. The van der Waals surface area contributed by atoms with E-state index in [-0.39, 0.29) is 26.2 Å². The van der Waals surface area contributed by atoms with Crippen molar-refractivity contribution in [2.45, 2.75) is 0 Å². The van der Waals surface area contributed by atoms with Crippen molar-refractivity contribution in [3.8, 4) is 0 Å². The summed E-state index contributed by atoms with van der Waals surface area (Å²) in [6.07, 6.45) is 0. The molecule has 0 amide bonds. The molecule has 25 heavy (non-hydrogen) atoms. The van der Waals surface area contributed by atoms with E-state index in [0.717, 1.165) is 0 Å². The summed E-state index contributed by atoms with van der Waals surface area (Å²) >= 11 is 36.5. The van der Waals surface area contributed by atoms with E-state index in [4.69, 9.17) is 0 Å². The summed E-state index contributed by atoms with van der Waals surface area (Å²) in [6, 6.07) is 0. The molecule has 0 bridgehead atoms. The van der Waals surface area contributed by atoms with E-state index in [2.05, 4.69) is 99.4 Å². The van der Waals surface area contributed by atoms with Gasteiger partial charge in [0.15, 0.2) is 0 Å². The second-order valence-electron chi connectivity index (χ2n) is 4.64. The third-order valence-corrected chi connectivity index (χ3v) is 4.38. The molecule has 0 N–H and O–H groups in total. The van der Waals surface area contributed by atoms with Crippen LogP contribution in [-0.4, -0.2) is 93.3 Å². The molecule has 0 saturated heterocycles. The van der Waals surface area contributed by atoms with Gasteiger partial charge in [0.2, 0.25) is 0 Å². The molecule has 4 nitrogen and oxygen atoms in total. The standard InChI is InChI=1S/4C3H7NS2.Zr/c4*1-4(2)3(5)6;/h4*1-2H3,(H,5,6);/q;;;;+4/p-4. The molecule has 0 saturated carbocycles. The van der Waals surface area contributed by atoms with Crippen molar-refractivity contribution >= 4 is 117 Å². The molecule has 144 valence electrons. The first kappa shape index (κ1) is 37.1. The van der Waals surface area contributed by atoms with Gasteiger partial charge in [0.1, 0.15) is 0 Å². The van der Waals surface area contributed by atoms with Gasteiger partial charge in [-0.3, -0.25) is 0 Å². The zero-order chi connectivity index (χ0) is 20.6. The van der Waals surface area contributed by atoms with Gasteiger partial charge in [-0.2, -0.15) is 0 Å². The summed E-state index contributed by atoms with van der Waals surface area (Å²) < 4.78 is 2.04. The van der Waals surface area contributed by atoms with Crippen LogP contribution in [0.2, 0.25) is 0 Å². The fraction of sp³-hybridized carbons (Fsp3) is 0.667. The molecule has 0 aromatic rings. The van der Waals surface area contributed by atoms with Crippen LogP contribution in [0.1, 0.15) is 0 Å². The predicted molar refractivity (Wildman–Crippen MR) is 135 cm³/mol. The van der Waals surface area contributed by atoms with Gasteiger partial charge in [-0.15, -0.1) is 0 Å². The molecule has 13 heteroatoms. The van der Waals surface area contributed by atoms with Gasteiger partial charge >= 0.3 is 26.2 Å². The van der Waals surface area contributed by atoms with Gasteiger partial charge in [0.25, 0.3) is 0 Å². The molecule has 0 aromatic carbocycles. The van der Waals surface area contributed by atoms with Gasteiger partial charge in [0, 0.05) is 56.4 Å². The fourth-order valence-electron chi connectivity index (χ4n) is 0. The van der Waals surface area contributed by atoms with Crippen molar-refractivity contribution in [2.75, 3.05) is 56.4 Å². The molecule has 0 radical (unpaired) electrons. The molecule has 0 unspecified atom stereocenters. The van der Waals surface area contributed by atoms with Crippen LogP contribution in [0.4, 0.5) is 0 Å². The van der Waals surface area contributed by atoms with Gasteiger partial charge < -0.3 is 119 Å². The Morgan fingerprint density at radius 3 is 0.480 bits per heavy atom. The van der Waals surface area contributed by atoms with Crippen molar-refractivity contribution < 1.29 is 26.2 Å². The number of rotatable bonds is 0. The van der Waals surface area contributed by atoms with Crippen LogP contribution in [0.25, 0.3) is 0 Å². The van der Waals surface area contributed by atoms with Crippen LogP contribution in [-0.2, 0) is 76.7 Å². The third-order valence-electron chi connectivity index (χ3n) is 1.46. The van der Waals surface area contributed by atoms with Crippen LogP contribution >= 0.6 is 48.9 Å². The van der Waals surface area contributed by atoms with E-state index < -0.39 is 0 Å². The monoisotopic (exact) mass is 570 g/mol. The van der Waals surface area contributed by atoms with E-state index in [1.54, 1.807) is 19.6 Å². The van der Waals surface area contributed by atoms with Gasteiger partial charge in [-0.25, -0.2) is 0 Å². The minimum Gasteiger partial charge on any atom is -0.411 e. The Bertz CT molecular complexity index is 317. The van der Waals surface area contributed by atoms with Crippen LogP contribution in [0.3, 0.4) is 0 Å². The van der Waals surface area contributed by atoms with Crippen molar-refractivity contribution in [1.82, 2.24) is 19.6 Å². The van der Waals surface area contributed by atoms with Gasteiger partial charge in [0.05, 0.1) is 0 Å². The minimum absolute atomic E-state index is 0. The largest absolute Gasteiger partial charge is 4.00 e. The van der Waals surface area contributed by atoms with Crippen LogP contribution in [0.15, 0.2) is 0 Å². The van der Waals surface area contributed by atoms with Crippen molar-refractivity contribution in [2.24, 2.45) is 0 Å². The van der Waals surface area contributed by atoms with Crippen LogP contribution < -0.4 is 0 Å². The predicted octanol–water partition coefficient (Wildman–Crippen LogP) is 1.52. The zero-order valence-electron chi connectivity index (χ0n) is 15.6. The van der Waals surface area contributed by atoms with Crippen molar-refractivity contribution in [3.63, 3.8) is 0 Å². The minimum atomic E-state index is 0. The Morgan fingerprint density at radius 2 is 0.480 bits per heavy atom. The van der Waals surface area contributed by atoms with E-state index >= 15 is 0 Å². The van der Waals surface area contributed by atoms with Crippen LogP contribution in [0.5, 0.6) is 0 Å².